The summed E-state index contributed by atoms with van der Waals surface area (Å²) in [6, 6.07) is 0. The van der Waals surface area contributed by atoms with E-state index in [4.69, 9.17) is 0 Å². The molecule has 15 heavy (non-hydrogen) atoms. The van der Waals surface area contributed by atoms with E-state index < -0.39 is 0 Å². The van der Waals surface area contributed by atoms with Gasteiger partial charge in [-0.1, -0.05) is 42.1 Å². The van der Waals surface area contributed by atoms with Gasteiger partial charge in [-0.3, -0.25) is 0 Å². The monoisotopic (exact) mass is 343 g/mol. The second-order valence-corrected chi connectivity index (χ2v) is 5.63. The van der Waals surface area contributed by atoms with Gasteiger partial charge in [0.1, 0.15) is 0 Å². The Kier molecular flexibility index (Phi) is 13.9. The summed E-state index contributed by atoms with van der Waals surface area (Å²) in [6.45, 7) is 4.92. The third-order valence-electron chi connectivity index (χ3n) is 2.76. The van der Waals surface area contributed by atoms with Crippen molar-refractivity contribution in [2.24, 2.45) is 0 Å². The third-order valence-corrected chi connectivity index (χ3v) is 3.32. The van der Waals surface area contributed by atoms with Gasteiger partial charge in [0.15, 0.2) is 0 Å². The van der Waals surface area contributed by atoms with Crippen molar-refractivity contribution in [3.63, 3.8) is 0 Å². The molecule has 3 heteroatoms. The molecule has 0 saturated heterocycles. The average Bonchev–Trinajstić information content (AvgIpc) is 2.15. The Morgan fingerprint density at radius 3 is 1.93 bits per heavy atom. The van der Waals surface area contributed by atoms with Gasteiger partial charge in [0.2, 0.25) is 0 Å². The number of rotatable bonds is 9. The van der Waals surface area contributed by atoms with Gasteiger partial charge < -0.3 is 21.5 Å². The van der Waals surface area contributed by atoms with E-state index in [-0.39, 0.29) is 17.0 Å². The summed E-state index contributed by atoms with van der Waals surface area (Å²) in [6.07, 6.45) is 8.30. The summed E-state index contributed by atoms with van der Waals surface area (Å²) in [4.78, 5) is 0. The van der Waals surface area contributed by atoms with E-state index in [1.807, 2.05) is 0 Å². The zero-order valence-corrected chi connectivity index (χ0v) is 13.7. The lowest BCUT2D eigenvalue weighted by Gasteiger charge is -2.29. The molecule has 0 amide bonds. The van der Waals surface area contributed by atoms with Gasteiger partial charge in [-0.2, -0.15) is 0 Å². The minimum Gasteiger partial charge on any atom is -1.00 e. The molecule has 0 spiro atoms. The van der Waals surface area contributed by atoms with Crippen LogP contribution in [0.25, 0.3) is 0 Å². The number of unbranched alkanes of at least 4 members (excludes halogenated alkanes) is 4. The number of quaternary nitrogens is 1. The molecular formula is C12H27Br2N. The fourth-order valence-electron chi connectivity index (χ4n) is 1.74. The molecule has 0 aromatic carbocycles. The van der Waals surface area contributed by atoms with Crippen LogP contribution in [0, 0.1) is 0 Å². The van der Waals surface area contributed by atoms with Crippen LogP contribution >= 0.6 is 15.9 Å². The molecule has 0 aliphatic rings. The molecule has 94 valence electrons. The minimum absolute atomic E-state index is 0. The van der Waals surface area contributed by atoms with E-state index in [9.17, 15) is 0 Å². The standard InChI is InChI=1S/C12H27BrN.BrH/c1-4-5-6-7-8-11-14(2,3)12-9-10-13;/h4-12H2,1-3H3;1H/q+1;/p-1. The van der Waals surface area contributed by atoms with Crippen LogP contribution < -0.4 is 17.0 Å². The summed E-state index contributed by atoms with van der Waals surface area (Å²) < 4.78 is 1.19. The summed E-state index contributed by atoms with van der Waals surface area (Å²) in [5, 5.41) is 1.14. The maximum atomic E-state index is 3.49. The van der Waals surface area contributed by atoms with E-state index >= 15 is 0 Å². The molecule has 0 heterocycles. The number of halogens is 2. The molecule has 0 rings (SSSR count). The van der Waals surface area contributed by atoms with Crippen LogP contribution in [-0.2, 0) is 0 Å². The lowest BCUT2D eigenvalue weighted by atomic mass is 10.1. The van der Waals surface area contributed by atoms with Gasteiger partial charge in [0, 0.05) is 11.8 Å². The Labute approximate surface area is 115 Å². The molecular weight excluding hydrogens is 318 g/mol. The predicted molar refractivity (Wildman–Crippen MR) is 69.0 cm³/mol. The van der Waals surface area contributed by atoms with Crippen LogP contribution in [-0.4, -0.2) is 37.0 Å². The fraction of sp³-hybridized carbons (Fsp3) is 1.00. The summed E-state index contributed by atoms with van der Waals surface area (Å²) in [5.74, 6) is 0. The first-order valence-electron chi connectivity index (χ1n) is 6.00. The maximum absolute atomic E-state index is 3.49. The van der Waals surface area contributed by atoms with Crippen LogP contribution in [0.15, 0.2) is 0 Å². The zero-order chi connectivity index (χ0) is 10.9. The van der Waals surface area contributed by atoms with Crippen molar-refractivity contribution < 1.29 is 21.5 Å². The molecule has 0 N–H and O–H groups in total. The van der Waals surface area contributed by atoms with Crippen LogP contribution in [0.1, 0.15) is 45.4 Å². The molecule has 0 bridgehead atoms. The van der Waals surface area contributed by atoms with Crippen LogP contribution in [0.4, 0.5) is 0 Å². The van der Waals surface area contributed by atoms with Crippen molar-refractivity contribution in [1.29, 1.82) is 0 Å². The lowest BCUT2D eigenvalue weighted by molar-refractivity contribution is -0.890. The molecule has 0 aliphatic heterocycles. The number of alkyl halides is 1. The van der Waals surface area contributed by atoms with E-state index in [0.29, 0.717) is 0 Å². The fourth-order valence-corrected chi connectivity index (χ4v) is 1.99. The number of hydrogen-bond donors (Lipinski definition) is 0. The summed E-state index contributed by atoms with van der Waals surface area (Å²) >= 11 is 3.49. The van der Waals surface area contributed by atoms with Crippen molar-refractivity contribution in [3.05, 3.63) is 0 Å². The molecule has 0 aromatic rings. The first kappa shape index (κ1) is 18.3. The maximum Gasteiger partial charge on any atom is 0.0790 e. The lowest BCUT2D eigenvalue weighted by Crippen LogP contribution is -3.00. The predicted octanol–water partition coefficient (Wildman–Crippen LogP) is 0.822. The molecule has 0 atom stereocenters. The molecule has 0 aliphatic carbocycles. The summed E-state index contributed by atoms with van der Waals surface area (Å²) in [5.41, 5.74) is 0. The topological polar surface area (TPSA) is 0 Å². The van der Waals surface area contributed by atoms with E-state index in [2.05, 4.69) is 36.9 Å². The molecule has 0 saturated carbocycles. The van der Waals surface area contributed by atoms with Crippen molar-refractivity contribution >= 4 is 15.9 Å². The average molecular weight is 345 g/mol. The van der Waals surface area contributed by atoms with Gasteiger partial charge in [0.05, 0.1) is 27.2 Å². The van der Waals surface area contributed by atoms with Crippen molar-refractivity contribution in [2.75, 3.05) is 32.5 Å². The highest BCUT2D eigenvalue weighted by atomic mass is 79.9. The number of nitrogens with zero attached hydrogens (tertiary/aromatic N) is 1. The highest BCUT2D eigenvalue weighted by molar-refractivity contribution is 9.09. The zero-order valence-electron chi connectivity index (χ0n) is 10.6. The molecule has 0 radical (unpaired) electrons. The van der Waals surface area contributed by atoms with Gasteiger partial charge in [-0.15, -0.1) is 0 Å². The van der Waals surface area contributed by atoms with E-state index in [1.54, 1.807) is 0 Å². The molecule has 1 nitrogen and oxygen atoms in total. The Bertz CT molecular complexity index is 127. The van der Waals surface area contributed by atoms with Crippen LogP contribution in [0.3, 0.4) is 0 Å². The summed E-state index contributed by atoms with van der Waals surface area (Å²) in [7, 11) is 4.70. The Morgan fingerprint density at radius 2 is 1.40 bits per heavy atom. The van der Waals surface area contributed by atoms with Gasteiger partial charge in [-0.05, 0) is 12.8 Å². The van der Waals surface area contributed by atoms with Crippen molar-refractivity contribution in [3.8, 4) is 0 Å². The van der Waals surface area contributed by atoms with Gasteiger partial charge >= 0.3 is 0 Å². The first-order chi connectivity index (χ1) is 6.62. The molecule has 0 aromatic heterocycles. The second-order valence-electron chi connectivity index (χ2n) is 4.84. The smallest absolute Gasteiger partial charge is 0.0790 e. The minimum atomic E-state index is 0. The number of hydrogen-bond acceptors (Lipinski definition) is 0. The Hall–Kier alpha value is 0.920. The van der Waals surface area contributed by atoms with Gasteiger partial charge in [-0.25, -0.2) is 0 Å². The van der Waals surface area contributed by atoms with Crippen LogP contribution in [0.5, 0.6) is 0 Å². The van der Waals surface area contributed by atoms with E-state index in [0.717, 1.165) is 5.33 Å². The first-order valence-corrected chi connectivity index (χ1v) is 7.12. The third kappa shape index (κ3) is 12.9. The Balaban J connectivity index is 0. The van der Waals surface area contributed by atoms with Crippen LogP contribution in [0.2, 0.25) is 0 Å². The van der Waals surface area contributed by atoms with Gasteiger partial charge in [0.25, 0.3) is 0 Å². The quantitative estimate of drug-likeness (QED) is 0.330. The normalized spacial score (nSPS) is 11.2. The van der Waals surface area contributed by atoms with E-state index in [1.165, 1.54) is 56.1 Å². The highest BCUT2D eigenvalue weighted by Crippen LogP contribution is 2.08. The molecule has 0 fully saturated rings. The molecule has 0 unspecified atom stereocenters. The highest BCUT2D eigenvalue weighted by Gasteiger charge is 2.12. The SMILES string of the molecule is CCCCCCC[N+](C)(C)CCCBr.[Br-]. The largest absolute Gasteiger partial charge is 1.00 e. The van der Waals surface area contributed by atoms with Crippen molar-refractivity contribution in [1.82, 2.24) is 0 Å². The van der Waals surface area contributed by atoms with Crippen molar-refractivity contribution in [2.45, 2.75) is 45.4 Å². The second kappa shape index (κ2) is 11.4. The Morgan fingerprint density at radius 1 is 0.867 bits per heavy atom.